The minimum atomic E-state index is 0.268. The van der Waals surface area contributed by atoms with Crippen LogP contribution in [0.25, 0.3) is 0 Å². The lowest BCUT2D eigenvalue weighted by Crippen LogP contribution is -2.31. The average molecular weight is 303 g/mol. The Morgan fingerprint density at radius 3 is 2.33 bits per heavy atom. The monoisotopic (exact) mass is 302 g/mol. The van der Waals surface area contributed by atoms with E-state index in [1.165, 1.54) is 16.7 Å². The Morgan fingerprint density at radius 2 is 1.71 bits per heavy atom. The maximum atomic E-state index is 6.32. The van der Waals surface area contributed by atoms with Crippen molar-refractivity contribution in [1.29, 1.82) is 0 Å². The molecule has 2 aromatic carbocycles. The first-order valence-corrected chi connectivity index (χ1v) is 7.63. The van der Waals surface area contributed by atoms with E-state index in [1.54, 1.807) is 0 Å². The Kier molecular flexibility index (Phi) is 5.80. The van der Waals surface area contributed by atoms with E-state index in [4.69, 9.17) is 11.6 Å². The number of hydrogen-bond donors (Lipinski definition) is 1. The molecular weight excluding hydrogens is 280 g/mol. The van der Waals surface area contributed by atoms with Crippen molar-refractivity contribution >= 4 is 11.6 Å². The van der Waals surface area contributed by atoms with E-state index < -0.39 is 0 Å². The van der Waals surface area contributed by atoms with Crippen LogP contribution in [0.4, 0.5) is 0 Å². The molecule has 0 spiro atoms. The number of rotatable bonds is 6. The van der Waals surface area contributed by atoms with E-state index in [2.05, 4.69) is 61.6 Å². The van der Waals surface area contributed by atoms with Crippen LogP contribution < -0.4 is 5.32 Å². The molecule has 112 valence electrons. The van der Waals surface area contributed by atoms with Gasteiger partial charge in [-0.2, -0.15) is 0 Å². The van der Waals surface area contributed by atoms with Crippen LogP contribution in [0.1, 0.15) is 22.7 Å². The molecule has 2 rings (SSSR count). The largest absolute Gasteiger partial charge is 0.311 e. The summed E-state index contributed by atoms with van der Waals surface area (Å²) in [6.45, 7) is 3.84. The van der Waals surface area contributed by atoms with E-state index >= 15 is 0 Å². The third-order valence-electron chi connectivity index (χ3n) is 3.67. The average Bonchev–Trinajstić information content (AvgIpc) is 2.46. The molecule has 0 aliphatic heterocycles. The predicted molar refractivity (Wildman–Crippen MR) is 90.8 cm³/mol. The van der Waals surface area contributed by atoms with Crippen LogP contribution in [-0.4, -0.2) is 25.5 Å². The van der Waals surface area contributed by atoms with Gasteiger partial charge in [0.25, 0.3) is 0 Å². The van der Waals surface area contributed by atoms with Crippen molar-refractivity contribution in [3.8, 4) is 0 Å². The molecule has 0 radical (unpaired) electrons. The van der Waals surface area contributed by atoms with Crippen LogP contribution in [0.5, 0.6) is 0 Å². The van der Waals surface area contributed by atoms with E-state index in [0.717, 1.165) is 18.1 Å². The number of nitrogens with one attached hydrogen (secondary N) is 1. The highest BCUT2D eigenvalue weighted by molar-refractivity contribution is 6.31. The summed E-state index contributed by atoms with van der Waals surface area (Å²) in [7, 11) is 4.17. The molecule has 2 aromatic rings. The van der Waals surface area contributed by atoms with Crippen LogP contribution in [0, 0.1) is 6.92 Å². The van der Waals surface area contributed by atoms with Gasteiger partial charge in [-0.3, -0.25) is 0 Å². The number of likely N-dealkylation sites (N-methyl/N-ethyl adjacent to an activating group) is 1. The van der Waals surface area contributed by atoms with E-state index in [-0.39, 0.29) is 6.04 Å². The van der Waals surface area contributed by atoms with Crippen molar-refractivity contribution in [2.24, 2.45) is 0 Å². The fourth-order valence-corrected chi connectivity index (χ4v) is 2.64. The molecule has 0 heterocycles. The maximum Gasteiger partial charge on any atom is 0.0481 e. The number of nitrogens with zero attached hydrogens (tertiary/aromatic N) is 1. The molecule has 3 heteroatoms. The van der Waals surface area contributed by atoms with Gasteiger partial charge in [0, 0.05) is 24.2 Å². The Bertz CT molecular complexity index is 564. The van der Waals surface area contributed by atoms with Crippen LogP contribution in [0.3, 0.4) is 0 Å². The molecule has 0 aliphatic carbocycles. The first-order valence-electron chi connectivity index (χ1n) is 7.25. The molecule has 1 atom stereocenters. The summed E-state index contributed by atoms with van der Waals surface area (Å²) in [5.74, 6) is 0. The quantitative estimate of drug-likeness (QED) is 0.866. The number of halogens is 1. The third-order valence-corrected chi connectivity index (χ3v) is 4.02. The summed E-state index contributed by atoms with van der Waals surface area (Å²) >= 11 is 6.32. The van der Waals surface area contributed by atoms with Crippen molar-refractivity contribution < 1.29 is 0 Å². The van der Waals surface area contributed by atoms with Crippen molar-refractivity contribution in [1.82, 2.24) is 10.2 Å². The van der Waals surface area contributed by atoms with E-state index in [1.807, 2.05) is 18.2 Å². The normalized spacial score (nSPS) is 12.6. The van der Waals surface area contributed by atoms with Gasteiger partial charge in [0.05, 0.1) is 0 Å². The van der Waals surface area contributed by atoms with Gasteiger partial charge >= 0.3 is 0 Å². The van der Waals surface area contributed by atoms with Crippen LogP contribution in [-0.2, 0) is 6.54 Å². The molecule has 0 aliphatic rings. The minimum absolute atomic E-state index is 0.268. The highest BCUT2D eigenvalue weighted by Crippen LogP contribution is 2.25. The molecule has 0 bridgehead atoms. The molecular formula is C18H23ClN2. The van der Waals surface area contributed by atoms with Gasteiger partial charge in [-0.15, -0.1) is 0 Å². The van der Waals surface area contributed by atoms with Gasteiger partial charge in [-0.25, -0.2) is 0 Å². The van der Waals surface area contributed by atoms with Crippen molar-refractivity contribution in [2.75, 3.05) is 20.6 Å². The minimum Gasteiger partial charge on any atom is -0.311 e. The van der Waals surface area contributed by atoms with Gasteiger partial charge in [0.15, 0.2) is 0 Å². The smallest absolute Gasteiger partial charge is 0.0481 e. The summed E-state index contributed by atoms with van der Waals surface area (Å²) in [6, 6.07) is 17.0. The summed E-state index contributed by atoms with van der Waals surface area (Å²) < 4.78 is 0. The van der Waals surface area contributed by atoms with Crippen LogP contribution in [0.15, 0.2) is 48.5 Å². The zero-order valence-corrected chi connectivity index (χ0v) is 13.7. The van der Waals surface area contributed by atoms with Crippen molar-refractivity contribution in [2.45, 2.75) is 19.5 Å². The topological polar surface area (TPSA) is 15.3 Å². The molecule has 0 fully saturated rings. The van der Waals surface area contributed by atoms with Gasteiger partial charge in [-0.05, 0) is 38.2 Å². The van der Waals surface area contributed by atoms with Crippen LogP contribution in [0.2, 0.25) is 5.02 Å². The molecule has 0 saturated carbocycles. The van der Waals surface area contributed by atoms with Crippen molar-refractivity contribution in [3.05, 3.63) is 70.2 Å². The fraction of sp³-hybridized carbons (Fsp3) is 0.333. The lowest BCUT2D eigenvalue weighted by atomic mass is 10.1. The molecule has 0 amide bonds. The molecule has 0 saturated heterocycles. The lowest BCUT2D eigenvalue weighted by molar-refractivity contribution is 0.288. The second-order valence-electron chi connectivity index (χ2n) is 5.62. The number of hydrogen-bond acceptors (Lipinski definition) is 2. The fourth-order valence-electron chi connectivity index (χ4n) is 2.38. The van der Waals surface area contributed by atoms with Crippen LogP contribution >= 0.6 is 11.6 Å². The first-order chi connectivity index (χ1) is 10.1. The summed E-state index contributed by atoms with van der Waals surface area (Å²) in [6.07, 6.45) is 0. The second kappa shape index (κ2) is 7.60. The first kappa shape index (κ1) is 16.0. The molecule has 21 heavy (non-hydrogen) atoms. The Hall–Kier alpha value is -1.35. The Labute approximate surface area is 132 Å². The summed E-state index contributed by atoms with van der Waals surface area (Å²) in [4.78, 5) is 2.20. The summed E-state index contributed by atoms with van der Waals surface area (Å²) in [5, 5.41) is 4.36. The molecule has 0 aromatic heterocycles. The highest BCUT2D eigenvalue weighted by Gasteiger charge is 2.16. The standard InChI is InChI=1S/C18H23ClN2/c1-14-8-10-15(11-9-14)12-20-13-18(21(2)3)16-6-4-5-7-17(16)19/h4-11,18,20H,12-13H2,1-3H3. The van der Waals surface area contributed by atoms with Gasteiger partial charge in [0.2, 0.25) is 0 Å². The summed E-state index contributed by atoms with van der Waals surface area (Å²) in [5.41, 5.74) is 3.76. The number of aryl methyl sites for hydroxylation is 1. The Morgan fingerprint density at radius 1 is 1.05 bits per heavy atom. The van der Waals surface area contributed by atoms with E-state index in [9.17, 15) is 0 Å². The molecule has 1 N–H and O–H groups in total. The van der Waals surface area contributed by atoms with Crippen molar-refractivity contribution in [3.63, 3.8) is 0 Å². The predicted octanol–water partition coefficient (Wildman–Crippen LogP) is 4.04. The SMILES string of the molecule is Cc1ccc(CNCC(c2ccccc2Cl)N(C)C)cc1. The zero-order valence-electron chi connectivity index (χ0n) is 12.9. The van der Waals surface area contributed by atoms with E-state index in [0.29, 0.717) is 0 Å². The second-order valence-corrected chi connectivity index (χ2v) is 6.02. The van der Waals surface area contributed by atoms with Gasteiger partial charge < -0.3 is 10.2 Å². The third kappa shape index (κ3) is 4.57. The maximum absolute atomic E-state index is 6.32. The molecule has 2 nitrogen and oxygen atoms in total. The zero-order chi connectivity index (χ0) is 15.2. The van der Waals surface area contributed by atoms with Gasteiger partial charge in [-0.1, -0.05) is 59.6 Å². The number of benzene rings is 2. The van der Waals surface area contributed by atoms with Gasteiger partial charge in [0.1, 0.15) is 0 Å². The highest BCUT2D eigenvalue weighted by atomic mass is 35.5. The molecule has 1 unspecified atom stereocenters. The lowest BCUT2D eigenvalue weighted by Gasteiger charge is -2.26. The Balaban J connectivity index is 1.98.